The molecule has 1 saturated heterocycles. The van der Waals surface area contributed by atoms with Gasteiger partial charge in [-0.3, -0.25) is 14.3 Å². The number of rotatable bonds is 5. The average molecular weight is 453 g/mol. The van der Waals surface area contributed by atoms with Gasteiger partial charge in [0.05, 0.1) is 31.0 Å². The summed E-state index contributed by atoms with van der Waals surface area (Å²) >= 11 is 6.23. The van der Waals surface area contributed by atoms with Crippen molar-refractivity contribution in [3.8, 4) is 5.75 Å². The Bertz CT molecular complexity index is 1110. The lowest BCUT2D eigenvalue weighted by Crippen LogP contribution is -2.37. The molecule has 0 N–H and O–H groups in total. The molecule has 1 aromatic heterocycles. The van der Waals surface area contributed by atoms with Gasteiger partial charge in [-0.05, 0) is 30.2 Å². The van der Waals surface area contributed by atoms with Gasteiger partial charge in [-0.2, -0.15) is 5.10 Å². The van der Waals surface area contributed by atoms with Crippen molar-refractivity contribution in [2.45, 2.75) is 13.0 Å². The molecule has 4 rings (SSSR count). The summed E-state index contributed by atoms with van der Waals surface area (Å²) in [6, 6.07) is 14.8. The van der Waals surface area contributed by atoms with E-state index in [1.54, 1.807) is 46.1 Å². The smallest absolute Gasteiger partial charge is 0.257 e. The fourth-order valence-electron chi connectivity index (χ4n) is 3.86. The molecule has 0 atom stereocenters. The van der Waals surface area contributed by atoms with E-state index in [-0.39, 0.29) is 11.8 Å². The Kier molecular flexibility index (Phi) is 6.75. The summed E-state index contributed by atoms with van der Waals surface area (Å²) in [4.78, 5) is 29.6. The van der Waals surface area contributed by atoms with Crippen molar-refractivity contribution in [2.24, 2.45) is 0 Å². The first-order valence-electron chi connectivity index (χ1n) is 10.5. The summed E-state index contributed by atoms with van der Waals surface area (Å²) in [6.45, 7) is 2.61. The number of hydrogen-bond donors (Lipinski definition) is 0. The van der Waals surface area contributed by atoms with Gasteiger partial charge >= 0.3 is 0 Å². The third-order valence-corrected chi connectivity index (χ3v) is 5.95. The monoisotopic (exact) mass is 452 g/mol. The highest BCUT2D eigenvalue weighted by Gasteiger charge is 2.25. The van der Waals surface area contributed by atoms with Crippen molar-refractivity contribution in [3.05, 3.63) is 82.6 Å². The Balaban J connectivity index is 1.40. The van der Waals surface area contributed by atoms with Crippen LogP contribution in [0.5, 0.6) is 5.75 Å². The number of carbonyl (C=O) groups is 2. The van der Waals surface area contributed by atoms with E-state index in [9.17, 15) is 9.59 Å². The molecule has 0 aliphatic carbocycles. The van der Waals surface area contributed by atoms with Crippen LogP contribution < -0.4 is 4.74 Å². The predicted molar refractivity (Wildman–Crippen MR) is 122 cm³/mol. The molecule has 1 aliphatic heterocycles. The number of para-hydroxylation sites is 1. The first-order chi connectivity index (χ1) is 15.6. The van der Waals surface area contributed by atoms with Crippen LogP contribution in [0.15, 0.2) is 60.9 Å². The zero-order valence-corrected chi connectivity index (χ0v) is 18.7. The normalized spacial score (nSPS) is 14.2. The predicted octanol–water partition coefficient (Wildman–Crippen LogP) is 3.58. The molecule has 0 unspecified atom stereocenters. The SMILES string of the molecule is COc1ccccc1C(=O)N1CCCN(C(=O)c2cnn(Cc3ccccc3Cl)c2)CC1. The van der Waals surface area contributed by atoms with Crippen LogP contribution >= 0.6 is 11.6 Å². The third kappa shape index (κ3) is 4.78. The van der Waals surface area contributed by atoms with Crippen molar-refractivity contribution in [1.29, 1.82) is 0 Å². The van der Waals surface area contributed by atoms with Gasteiger partial charge in [0.15, 0.2) is 0 Å². The number of carbonyl (C=O) groups excluding carboxylic acids is 2. The van der Waals surface area contributed by atoms with Crippen molar-refractivity contribution in [1.82, 2.24) is 19.6 Å². The maximum absolute atomic E-state index is 13.1. The number of aromatic nitrogens is 2. The molecule has 7 nitrogen and oxygen atoms in total. The summed E-state index contributed by atoms with van der Waals surface area (Å²) in [5.74, 6) is 0.395. The first kappa shape index (κ1) is 21.9. The van der Waals surface area contributed by atoms with Gasteiger partial charge in [0, 0.05) is 37.4 Å². The number of benzene rings is 2. The zero-order valence-electron chi connectivity index (χ0n) is 17.9. The molecule has 32 heavy (non-hydrogen) atoms. The molecule has 2 aromatic carbocycles. The van der Waals surface area contributed by atoms with E-state index in [0.717, 1.165) is 5.56 Å². The minimum Gasteiger partial charge on any atom is -0.496 e. The van der Waals surface area contributed by atoms with Gasteiger partial charge in [0.2, 0.25) is 0 Å². The molecule has 8 heteroatoms. The Morgan fingerprint density at radius 3 is 2.41 bits per heavy atom. The number of nitrogens with zero attached hydrogens (tertiary/aromatic N) is 4. The van der Waals surface area contributed by atoms with Gasteiger partial charge < -0.3 is 14.5 Å². The number of halogens is 1. The number of hydrogen-bond acceptors (Lipinski definition) is 4. The zero-order chi connectivity index (χ0) is 22.5. The van der Waals surface area contributed by atoms with E-state index in [1.807, 2.05) is 36.4 Å². The largest absolute Gasteiger partial charge is 0.496 e. The molecular weight excluding hydrogens is 428 g/mol. The number of amides is 2. The molecule has 166 valence electrons. The average Bonchev–Trinajstić information content (AvgIpc) is 3.14. The summed E-state index contributed by atoms with van der Waals surface area (Å²) in [7, 11) is 1.56. The van der Waals surface area contributed by atoms with E-state index in [4.69, 9.17) is 16.3 Å². The lowest BCUT2D eigenvalue weighted by atomic mass is 10.1. The fourth-order valence-corrected chi connectivity index (χ4v) is 4.06. The van der Waals surface area contributed by atoms with Crippen LogP contribution in [0.25, 0.3) is 0 Å². The van der Waals surface area contributed by atoms with Crippen molar-refractivity contribution < 1.29 is 14.3 Å². The van der Waals surface area contributed by atoms with Crippen molar-refractivity contribution >= 4 is 23.4 Å². The van der Waals surface area contributed by atoms with E-state index in [2.05, 4.69) is 5.10 Å². The van der Waals surface area contributed by atoms with E-state index in [0.29, 0.717) is 61.0 Å². The van der Waals surface area contributed by atoms with Crippen LogP contribution in [0.3, 0.4) is 0 Å². The van der Waals surface area contributed by atoms with Gasteiger partial charge in [-0.1, -0.05) is 41.9 Å². The Labute approximate surface area is 192 Å². The van der Waals surface area contributed by atoms with E-state index >= 15 is 0 Å². The molecule has 1 fully saturated rings. The molecule has 0 radical (unpaired) electrons. The summed E-state index contributed by atoms with van der Waals surface area (Å²) in [6.07, 6.45) is 4.04. The second-order valence-corrected chi connectivity index (χ2v) is 8.06. The molecule has 0 spiro atoms. The number of methoxy groups -OCH3 is 1. The summed E-state index contributed by atoms with van der Waals surface area (Å²) in [5.41, 5.74) is 2.01. The van der Waals surface area contributed by atoms with Crippen molar-refractivity contribution in [3.63, 3.8) is 0 Å². The van der Waals surface area contributed by atoms with Crippen LogP contribution in [0.2, 0.25) is 5.02 Å². The maximum atomic E-state index is 13.1. The second kappa shape index (κ2) is 9.87. The maximum Gasteiger partial charge on any atom is 0.257 e. The highest BCUT2D eigenvalue weighted by molar-refractivity contribution is 6.31. The third-order valence-electron chi connectivity index (χ3n) is 5.58. The Hall–Kier alpha value is -3.32. The molecule has 3 aromatic rings. The number of ether oxygens (including phenoxy) is 1. The van der Waals surface area contributed by atoms with Crippen molar-refractivity contribution in [2.75, 3.05) is 33.3 Å². The standard InChI is InChI=1S/C24H25ClN4O3/c1-32-22-10-5-3-8-20(22)24(31)28-12-6-11-27(13-14-28)23(30)19-15-26-29(17-19)16-18-7-2-4-9-21(18)25/h2-5,7-10,15,17H,6,11-14,16H2,1H3. The first-order valence-corrected chi connectivity index (χ1v) is 10.9. The summed E-state index contributed by atoms with van der Waals surface area (Å²) < 4.78 is 7.04. The Morgan fingerprint density at radius 1 is 0.969 bits per heavy atom. The Morgan fingerprint density at radius 2 is 1.66 bits per heavy atom. The highest BCUT2D eigenvalue weighted by atomic mass is 35.5. The van der Waals surface area contributed by atoms with Gasteiger partial charge in [0.25, 0.3) is 11.8 Å². The molecular formula is C24H25ClN4O3. The van der Waals surface area contributed by atoms with Crippen LogP contribution in [0.4, 0.5) is 0 Å². The van der Waals surface area contributed by atoms with Crippen LogP contribution in [0.1, 0.15) is 32.7 Å². The van der Waals surface area contributed by atoms with Gasteiger partial charge in [-0.15, -0.1) is 0 Å². The topological polar surface area (TPSA) is 67.7 Å². The second-order valence-electron chi connectivity index (χ2n) is 7.66. The quantitative estimate of drug-likeness (QED) is 0.593. The molecule has 0 bridgehead atoms. The van der Waals surface area contributed by atoms with Gasteiger partial charge in [-0.25, -0.2) is 0 Å². The molecule has 2 amide bonds. The molecule has 0 saturated carbocycles. The summed E-state index contributed by atoms with van der Waals surface area (Å²) in [5, 5.41) is 5.00. The minimum atomic E-state index is -0.0815. The van der Waals surface area contributed by atoms with Crippen LogP contribution in [-0.2, 0) is 6.54 Å². The van der Waals surface area contributed by atoms with Gasteiger partial charge in [0.1, 0.15) is 5.75 Å². The lowest BCUT2D eigenvalue weighted by Gasteiger charge is -2.22. The highest BCUT2D eigenvalue weighted by Crippen LogP contribution is 2.21. The van der Waals surface area contributed by atoms with E-state index in [1.165, 1.54) is 0 Å². The molecule has 2 heterocycles. The molecule has 1 aliphatic rings. The van der Waals surface area contributed by atoms with Crippen LogP contribution in [-0.4, -0.2) is 64.7 Å². The van der Waals surface area contributed by atoms with E-state index < -0.39 is 0 Å². The van der Waals surface area contributed by atoms with Crippen LogP contribution in [0, 0.1) is 0 Å². The fraction of sp³-hybridized carbons (Fsp3) is 0.292. The lowest BCUT2D eigenvalue weighted by molar-refractivity contribution is 0.0717. The minimum absolute atomic E-state index is 0.0793.